The zero-order valence-electron chi connectivity index (χ0n) is 7.26. The molecule has 0 radical (unpaired) electrons. The van der Waals surface area contributed by atoms with Crippen LogP contribution in [0.3, 0.4) is 0 Å². The topological polar surface area (TPSA) is 88.3 Å². The van der Waals surface area contributed by atoms with Crippen LogP contribution < -0.4 is 16.0 Å². The van der Waals surface area contributed by atoms with Gasteiger partial charge in [0, 0.05) is 18.2 Å². The van der Waals surface area contributed by atoms with Crippen LogP contribution >= 0.6 is 0 Å². The molecule has 0 amide bonds. The average Bonchev–Trinajstić information content (AvgIpc) is 2.08. The Balaban J connectivity index is 3.18. The zero-order chi connectivity index (χ0) is 11.6. The number of nitrogens with two attached hydrogens (primary N) is 1. The molecule has 0 saturated carbocycles. The van der Waals surface area contributed by atoms with Crippen LogP contribution in [-0.2, 0) is 6.54 Å². The summed E-state index contributed by atoms with van der Waals surface area (Å²) in [5.74, 6) is -1.88. The normalized spacial score (nSPS) is 11.5. The first-order valence-corrected chi connectivity index (χ1v) is 3.74. The molecule has 1 aromatic heterocycles. The Kier molecular flexibility index (Phi) is 2.89. The summed E-state index contributed by atoms with van der Waals surface area (Å²) in [6.45, 7) is -0.274. The van der Waals surface area contributed by atoms with Gasteiger partial charge in [-0.2, -0.15) is 0 Å². The minimum absolute atomic E-state index is 0.127. The van der Waals surface area contributed by atoms with Crippen LogP contribution in [-0.4, -0.2) is 16.5 Å². The molecule has 84 valence electrons. The van der Waals surface area contributed by atoms with Gasteiger partial charge >= 0.3 is 6.36 Å². The minimum atomic E-state index is -4.99. The van der Waals surface area contributed by atoms with Crippen molar-refractivity contribution in [3.8, 4) is 11.6 Å². The average molecular weight is 224 g/mol. The smallest absolute Gasteiger partial charge is 0.503 e. The highest BCUT2D eigenvalue weighted by atomic mass is 19.4. The van der Waals surface area contributed by atoms with Crippen molar-refractivity contribution in [1.29, 1.82) is 0 Å². The number of aromatic hydroxyl groups is 1. The Morgan fingerprint density at radius 1 is 1.53 bits per heavy atom. The van der Waals surface area contributed by atoms with Crippen molar-refractivity contribution in [3.05, 3.63) is 22.0 Å². The van der Waals surface area contributed by atoms with E-state index in [9.17, 15) is 23.1 Å². The fraction of sp³-hybridized carbons (Fsp3) is 0.286. The number of hydrogen-bond acceptors (Lipinski definition) is 4. The molecule has 1 heterocycles. The summed E-state index contributed by atoms with van der Waals surface area (Å²) < 4.78 is 38.8. The third-order valence-electron chi connectivity index (χ3n) is 1.50. The number of hydrogen-bond donors (Lipinski definition) is 3. The van der Waals surface area contributed by atoms with E-state index in [0.29, 0.717) is 0 Å². The number of halogens is 3. The Hall–Kier alpha value is -1.70. The lowest BCUT2D eigenvalue weighted by atomic mass is 10.2. The van der Waals surface area contributed by atoms with Gasteiger partial charge in [-0.15, -0.1) is 13.2 Å². The molecule has 0 unspecified atom stereocenters. The zero-order valence-corrected chi connectivity index (χ0v) is 7.26. The predicted octanol–water partition coefficient (Wildman–Crippen LogP) is 0.438. The maximum Gasteiger partial charge on any atom is 0.574 e. The maximum atomic E-state index is 11.8. The molecule has 1 aromatic rings. The van der Waals surface area contributed by atoms with E-state index in [0.717, 1.165) is 6.07 Å². The second kappa shape index (κ2) is 3.81. The van der Waals surface area contributed by atoms with Gasteiger partial charge in [0.2, 0.25) is 5.88 Å². The molecule has 0 aliphatic carbocycles. The van der Waals surface area contributed by atoms with Gasteiger partial charge in [-0.25, -0.2) is 0 Å². The summed E-state index contributed by atoms with van der Waals surface area (Å²) in [5, 5.41) is 9.20. The van der Waals surface area contributed by atoms with Gasteiger partial charge in [0.05, 0.1) is 0 Å². The van der Waals surface area contributed by atoms with Gasteiger partial charge in [0.1, 0.15) is 0 Å². The number of alkyl halides is 3. The van der Waals surface area contributed by atoms with E-state index >= 15 is 0 Å². The fourth-order valence-corrected chi connectivity index (χ4v) is 0.925. The molecule has 0 spiro atoms. The molecule has 0 aliphatic rings. The molecule has 15 heavy (non-hydrogen) atoms. The standard InChI is InChI=1S/C7H7F3N2O3/c8-7(9,10)15-6-5(14)3(2-11)1-4(13)12-6/h1,14H,2,11H2,(H,12,13). The van der Waals surface area contributed by atoms with Crippen LogP contribution in [0, 0.1) is 0 Å². The Morgan fingerprint density at radius 2 is 2.13 bits per heavy atom. The molecule has 0 aromatic carbocycles. The first-order chi connectivity index (χ1) is 6.83. The van der Waals surface area contributed by atoms with E-state index in [1.807, 2.05) is 0 Å². The van der Waals surface area contributed by atoms with Gasteiger partial charge in [-0.1, -0.05) is 0 Å². The number of pyridine rings is 1. The highest BCUT2D eigenvalue weighted by Crippen LogP contribution is 2.30. The Labute approximate surface area is 81.3 Å². The first-order valence-electron chi connectivity index (χ1n) is 3.74. The second-order valence-electron chi connectivity index (χ2n) is 2.59. The van der Waals surface area contributed by atoms with Gasteiger partial charge in [0.25, 0.3) is 5.56 Å². The van der Waals surface area contributed by atoms with E-state index in [-0.39, 0.29) is 12.1 Å². The van der Waals surface area contributed by atoms with Crippen molar-refractivity contribution < 1.29 is 23.0 Å². The SMILES string of the molecule is NCc1cc(=O)[nH]c(OC(F)(F)F)c1O. The van der Waals surface area contributed by atoms with Crippen molar-refractivity contribution >= 4 is 0 Å². The van der Waals surface area contributed by atoms with Crippen molar-refractivity contribution in [2.45, 2.75) is 12.9 Å². The summed E-state index contributed by atoms with van der Waals surface area (Å²) in [5.41, 5.74) is 4.14. The molecule has 0 atom stereocenters. The highest BCUT2D eigenvalue weighted by molar-refractivity contribution is 5.39. The molecule has 8 heteroatoms. The first kappa shape index (κ1) is 11.4. The lowest BCUT2D eigenvalue weighted by Gasteiger charge is -2.11. The van der Waals surface area contributed by atoms with Crippen molar-refractivity contribution in [3.63, 3.8) is 0 Å². The van der Waals surface area contributed by atoms with Crippen LogP contribution in [0.4, 0.5) is 13.2 Å². The van der Waals surface area contributed by atoms with Crippen LogP contribution in [0.5, 0.6) is 11.6 Å². The van der Waals surface area contributed by atoms with E-state index in [1.54, 1.807) is 4.98 Å². The van der Waals surface area contributed by atoms with Gasteiger partial charge < -0.3 is 15.6 Å². The minimum Gasteiger partial charge on any atom is -0.503 e. The summed E-state index contributed by atoms with van der Waals surface area (Å²) in [6.07, 6.45) is -4.99. The van der Waals surface area contributed by atoms with E-state index in [2.05, 4.69) is 4.74 Å². The number of nitrogens with one attached hydrogen (secondary N) is 1. The molecular weight excluding hydrogens is 217 g/mol. The highest BCUT2D eigenvalue weighted by Gasteiger charge is 2.33. The molecular formula is C7H7F3N2O3. The van der Waals surface area contributed by atoms with Crippen LogP contribution in [0.2, 0.25) is 0 Å². The number of aromatic amines is 1. The third kappa shape index (κ3) is 2.88. The van der Waals surface area contributed by atoms with Crippen LogP contribution in [0.1, 0.15) is 5.56 Å². The summed E-state index contributed by atoms with van der Waals surface area (Å²) in [4.78, 5) is 12.5. The Morgan fingerprint density at radius 3 is 2.60 bits per heavy atom. The maximum absolute atomic E-state index is 11.8. The predicted molar refractivity (Wildman–Crippen MR) is 43.3 cm³/mol. The largest absolute Gasteiger partial charge is 0.574 e. The summed E-state index contributed by atoms with van der Waals surface area (Å²) in [6, 6.07) is 0.887. The van der Waals surface area contributed by atoms with Crippen LogP contribution in [0.15, 0.2) is 10.9 Å². The number of rotatable bonds is 2. The van der Waals surface area contributed by atoms with Crippen molar-refractivity contribution in [2.24, 2.45) is 5.73 Å². The molecule has 1 rings (SSSR count). The van der Waals surface area contributed by atoms with Gasteiger partial charge in [-0.05, 0) is 0 Å². The molecule has 0 aliphatic heterocycles. The third-order valence-corrected chi connectivity index (χ3v) is 1.50. The van der Waals surface area contributed by atoms with Crippen molar-refractivity contribution in [1.82, 2.24) is 4.98 Å². The van der Waals surface area contributed by atoms with Crippen LogP contribution in [0.25, 0.3) is 0 Å². The van der Waals surface area contributed by atoms with Gasteiger partial charge in [-0.3, -0.25) is 9.78 Å². The molecule has 0 bridgehead atoms. The van der Waals surface area contributed by atoms with E-state index in [4.69, 9.17) is 5.73 Å². The molecule has 5 nitrogen and oxygen atoms in total. The fourth-order valence-electron chi connectivity index (χ4n) is 0.925. The number of H-pyrrole nitrogens is 1. The summed E-state index contributed by atoms with van der Waals surface area (Å²) >= 11 is 0. The van der Waals surface area contributed by atoms with Gasteiger partial charge in [0.15, 0.2) is 5.75 Å². The van der Waals surface area contributed by atoms with E-state index < -0.39 is 23.6 Å². The second-order valence-corrected chi connectivity index (χ2v) is 2.59. The van der Waals surface area contributed by atoms with Crippen molar-refractivity contribution in [2.75, 3.05) is 0 Å². The molecule has 0 saturated heterocycles. The van der Waals surface area contributed by atoms with E-state index in [1.165, 1.54) is 0 Å². The summed E-state index contributed by atoms with van der Waals surface area (Å²) in [7, 11) is 0. The molecule has 0 fully saturated rings. The Bertz CT molecular complexity index is 413. The number of aromatic nitrogens is 1. The monoisotopic (exact) mass is 224 g/mol. The number of ether oxygens (including phenoxy) is 1. The quantitative estimate of drug-likeness (QED) is 0.680. The lowest BCUT2D eigenvalue weighted by molar-refractivity contribution is -0.276. The lowest BCUT2D eigenvalue weighted by Crippen LogP contribution is -2.21. The molecule has 4 N–H and O–H groups in total.